The number of rotatable bonds is 6. The van der Waals surface area contributed by atoms with E-state index in [1.807, 2.05) is 34.9 Å². The van der Waals surface area contributed by atoms with Crippen molar-refractivity contribution in [2.75, 3.05) is 12.9 Å². The predicted octanol–water partition coefficient (Wildman–Crippen LogP) is 4.75. The number of hydrogen-bond donors (Lipinski definition) is 1. The second-order valence-corrected chi connectivity index (χ2v) is 8.89. The summed E-state index contributed by atoms with van der Waals surface area (Å²) in [6.07, 6.45) is 7.88. The van der Waals surface area contributed by atoms with E-state index in [0.717, 1.165) is 41.8 Å². The molecule has 1 aliphatic carbocycles. The first-order valence-electron chi connectivity index (χ1n) is 10.5. The van der Waals surface area contributed by atoms with Crippen molar-refractivity contribution in [2.45, 2.75) is 43.0 Å². The lowest BCUT2D eigenvalue weighted by molar-refractivity contribution is 0.175. The molecule has 31 heavy (non-hydrogen) atoms. The number of benzene rings is 1. The number of nitrogens with zero attached hydrogens (tertiary/aromatic N) is 4. The average molecular weight is 432 g/mol. The summed E-state index contributed by atoms with van der Waals surface area (Å²) in [6.45, 7) is 2.55. The summed E-state index contributed by atoms with van der Waals surface area (Å²) in [5.74, 6) is 0.957. The molecule has 4 rings (SSSR count). The molecule has 1 saturated carbocycles. The Balaban J connectivity index is 1.78. The Morgan fingerprint density at radius 3 is 2.87 bits per heavy atom. The number of hydrogen-bond acceptors (Lipinski definition) is 6. The summed E-state index contributed by atoms with van der Waals surface area (Å²) in [6, 6.07) is 13.8. The predicted molar refractivity (Wildman–Crippen MR) is 122 cm³/mol. The van der Waals surface area contributed by atoms with Gasteiger partial charge in [0.15, 0.2) is 0 Å². The minimum Gasteiger partial charge on any atom is -0.490 e. The van der Waals surface area contributed by atoms with Crippen molar-refractivity contribution in [3.8, 4) is 29.1 Å². The average Bonchev–Trinajstić information content (AvgIpc) is 3.40. The lowest BCUT2D eigenvalue weighted by Crippen LogP contribution is -2.48. The van der Waals surface area contributed by atoms with Gasteiger partial charge in [0, 0.05) is 10.5 Å². The van der Waals surface area contributed by atoms with Crippen LogP contribution in [0.4, 0.5) is 0 Å². The summed E-state index contributed by atoms with van der Waals surface area (Å²) in [5, 5.41) is 19.4. The fraction of sp³-hybridized carbons (Fsp3) is 0.375. The molecule has 1 aromatic carbocycles. The van der Waals surface area contributed by atoms with Crippen LogP contribution in [0.1, 0.15) is 43.9 Å². The molecule has 6 nitrogen and oxygen atoms in total. The topological polar surface area (TPSA) is 100 Å². The largest absolute Gasteiger partial charge is 0.490 e. The van der Waals surface area contributed by atoms with E-state index in [1.165, 1.54) is 11.8 Å². The molecule has 0 spiro atoms. The van der Waals surface area contributed by atoms with Gasteiger partial charge >= 0.3 is 0 Å². The summed E-state index contributed by atoms with van der Waals surface area (Å²) in [7, 11) is 0. The number of fused-ring (bicyclic) bond motifs is 1. The maximum absolute atomic E-state index is 9.82. The molecule has 158 valence electrons. The maximum Gasteiger partial charge on any atom is 0.138 e. The summed E-state index contributed by atoms with van der Waals surface area (Å²) in [4.78, 5) is 5.27. The first kappa shape index (κ1) is 21.2. The Morgan fingerprint density at radius 2 is 2.16 bits per heavy atom. The van der Waals surface area contributed by atoms with Crippen molar-refractivity contribution < 1.29 is 4.74 Å². The van der Waals surface area contributed by atoms with Crippen LogP contribution < -0.4 is 10.5 Å². The summed E-state index contributed by atoms with van der Waals surface area (Å²) < 4.78 is 8.06. The zero-order chi connectivity index (χ0) is 22.0. The second-order valence-electron chi connectivity index (χ2n) is 8.04. The SMILES string of the molecule is CC[C@H]1CCC[C@]1(N)COc1cc(-c2cnc3cccc(C#N)n23)cc(SC)c1C#N. The smallest absolute Gasteiger partial charge is 0.138 e. The van der Waals surface area contributed by atoms with Gasteiger partial charge in [-0.25, -0.2) is 4.98 Å². The van der Waals surface area contributed by atoms with Crippen molar-refractivity contribution >= 4 is 17.4 Å². The lowest BCUT2D eigenvalue weighted by atomic mass is 9.87. The zero-order valence-electron chi connectivity index (χ0n) is 17.8. The molecular weight excluding hydrogens is 406 g/mol. The first-order chi connectivity index (χ1) is 15.0. The Bertz CT molecular complexity index is 1210. The molecule has 2 aromatic heterocycles. The van der Waals surface area contributed by atoms with Gasteiger partial charge in [-0.2, -0.15) is 10.5 Å². The molecule has 0 saturated heterocycles. The summed E-state index contributed by atoms with van der Waals surface area (Å²) >= 11 is 1.49. The van der Waals surface area contributed by atoms with E-state index >= 15 is 0 Å². The Labute approximate surface area is 186 Å². The third kappa shape index (κ3) is 3.76. The normalized spacial score (nSPS) is 20.5. The van der Waals surface area contributed by atoms with Crippen LogP contribution in [-0.4, -0.2) is 27.8 Å². The molecule has 2 atom stereocenters. The van der Waals surface area contributed by atoms with Gasteiger partial charge in [0.25, 0.3) is 0 Å². The maximum atomic E-state index is 9.82. The van der Waals surface area contributed by atoms with Gasteiger partial charge < -0.3 is 10.5 Å². The van der Waals surface area contributed by atoms with Crippen molar-refractivity contribution in [3.63, 3.8) is 0 Å². The van der Waals surface area contributed by atoms with Gasteiger partial charge in [-0.3, -0.25) is 4.40 Å². The molecule has 2 N–H and O–H groups in total. The monoisotopic (exact) mass is 431 g/mol. The molecule has 0 bridgehead atoms. The quantitative estimate of drug-likeness (QED) is 0.565. The van der Waals surface area contributed by atoms with Crippen molar-refractivity contribution in [1.82, 2.24) is 9.38 Å². The molecule has 1 aliphatic rings. The van der Waals surface area contributed by atoms with Crippen molar-refractivity contribution in [2.24, 2.45) is 11.7 Å². The van der Waals surface area contributed by atoms with Gasteiger partial charge in [-0.05, 0) is 49.3 Å². The molecule has 0 amide bonds. The first-order valence-corrected chi connectivity index (χ1v) is 11.7. The number of imidazole rings is 1. The van der Waals surface area contributed by atoms with Crippen LogP contribution in [0.3, 0.4) is 0 Å². The van der Waals surface area contributed by atoms with E-state index < -0.39 is 0 Å². The molecule has 1 fully saturated rings. The van der Waals surface area contributed by atoms with E-state index in [2.05, 4.69) is 24.0 Å². The van der Waals surface area contributed by atoms with E-state index in [9.17, 15) is 10.5 Å². The highest BCUT2D eigenvalue weighted by atomic mass is 32.2. The highest BCUT2D eigenvalue weighted by Crippen LogP contribution is 2.39. The van der Waals surface area contributed by atoms with Gasteiger partial charge in [-0.15, -0.1) is 11.8 Å². The third-order valence-corrected chi connectivity index (χ3v) is 7.10. The fourth-order valence-electron chi connectivity index (χ4n) is 4.63. The van der Waals surface area contributed by atoms with Crippen LogP contribution in [0, 0.1) is 28.6 Å². The third-order valence-electron chi connectivity index (χ3n) is 6.33. The number of nitriles is 2. The Kier molecular flexibility index (Phi) is 5.91. The van der Waals surface area contributed by atoms with E-state index in [-0.39, 0.29) is 5.54 Å². The van der Waals surface area contributed by atoms with Crippen LogP contribution >= 0.6 is 11.8 Å². The van der Waals surface area contributed by atoms with Crippen LogP contribution in [-0.2, 0) is 0 Å². The number of aromatic nitrogens is 2. The van der Waals surface area contributed by atoms with Crippen LogP contribution in [0.25, 0.3) is 16.9 Å². The van der Waals surface area contributed by atoms with E-state index in [1.54, 1.807) is 12.3 Å². The summed E-state index contributed by atoms with van der Waals surface area (Å²) in [5.41, 5.74) is 9.68. The minimum absolute atomic E-state index is 0.367. The van der Waals surface area contributed by atoms with Crippen LogP contribution in [0.15, 0.2) is 41.4 Å². The highest BCUT2D eigenvalue weighted by Gasteiger charge is 2.39. The molecule has 2 heterocycles. The molecular formula is C24H25N5OS. The number of thioether (sulfide) groups is 1. The van der Waals surface area contributed by atoms with Gasteiger partial charge in [0.05, 0.1) is 17.4 Å². The van der Waals surface area contributed by atoms with Crippen molar-refractivity contribution in [1.29, 1.82) is 10.5 Å². The van der Waals surface area contributed by atoms with Crippen LogP contribution in [0.5, 0.6) is 5.75 Å². The van der Waals surface area contributed by atoms with Gasteiger partial charge in [-0.1, -0.05) is 25.8 Å². The second kappa shape index (κ2) is 8.63. The number of pyridine rings is 1. The highest BCUT2D eigenvalue weighted by molar-refractivity contribution is 7.98. The van der Waals surface area contributed by atoms with Gasteiger partial charge in [0.1, 0.15) is 41.4 Å². The van der Waals surface area contributed by atoms with Crippen molar-refractivity contribution in [3.05, 3.63) is 47.8 Å². The van der Waals surface area contributed by atoms with E-state index in [4.69, 9.17) is 10.5 Å². The molecule has 0 radical (unpaired) electrons. The number of ether oxygens (including phenoxy) is 1. The standard InChI is InChI=1S/C24H25N5OS/c1-3-17-6-5-9-24(17,27)15-30-21-10-16(11-22(31-2)19(21)13-26)20-14-28-23-8-4-7-18(12-25)29(20)23/h4,7-8,10-11,14,17H,3,5-6,9,15,27H2,1-2H3/t17-,24-/m0/s1. The fourth-order valence-corrected chi connectivity index (χ4v) is 5.23. The lowest BCUT2D eigenvalue weighted by Gasteiger charge is -2.31. The zero-order valence-corrected chi connectivity index (χ0v) is 18.6. The molecule has 3 aromatic rings. The Hall–Kier alpha value is -3.00. The van der Waals surface area contributed by atoms with Gasteiger partial charge in [0.2, 0.25) is 0 Å². The number of nitrogens with two attached hydrogens (primary N) is 1. The minimum atomic E-state index is -0.367. The van der Waals surface area contributed by atoms with E-state index in [0.29, 0.717) is 35.2 Å². The molecule has 0 aliphatic heterocycles. The molecule has 7 heteroatoms. The molecule has 0 unspecified atom stereocenters. The Morgan fingerprint density at radius 1 is 1.32 bits per heavy atom. The van der Waals surface area contributed by atoms with Crippen LogP contribution in [0.2, 0.25) is 0 Å².